The Morgan fingerprint density at radius 1 is 0.730 bits per heavy atom. The highest BCUT2D eigenvalue weighted by Crippen LogP contribution is 2.19. The summed E-state index contributed by atoms with van der Waals surface area (Å²) in [6, 6.07) is 17.2. The van der Waals surface area contributed by atoms with E-state index in [0.717, 1.165) is 5.69 Å². The highest BCUT2D eigenvalue weighted by molar-refractivity contribution is 5.89. The Labute approximate surface area is 210 Å². The molecule has 12 nitrogen and oxygen atoms in total. The number of nitrogens with zero attached hydrogens (tertiary/aromatic N) is 5. The second kappa shape index (κ2) is 13.4. The van der Waals surface area contributed by atoms with Crippen molar-refractivity contribution in [1.82, 2.24) is 24.9 Å². The Bertz CT molecular complexity index is 1320. The highest BCUT2D eigenvalue weighted by atomic mass is 19.1. The van der Waals surface area contributed by atoms with Crippen LogP contribution in [-0.2, 0) is 16.1 Å². The lowest BCUT2D eigenvalue weighted by Gasteiger charge is -2.11. The van der Waals surface area contributed by atoms with Crippen molar-refractivity contribution in [3.8, 4) is 0 Å². The first kappa shape index (κ1) is 26.2. The van der Waals surface area contributed by atoms with Crippen molar-refractivity contribution in [1.29, 1.82) is 0 Å². The van der Waals surface area contributed by atoms with Gasteiger partial charge in [0.15, 0.2) is 0 Å². The number of carbonyl (C=O) groups is 2. The molecule has 0 spiro atoms. The fraction of sp³-hybridized carbons (Fsp3) is 0.0417. The SMILES string of the molecule is Fc1ccc(Nc2nc(NCc3ncccn3)nc(Nc3ccccc3)n2)cc1.O=C(O)/C=C/C(=O)O. The van der Waals surface area contributed by atoms with Crippen molar-refractivity contribution in [2.45, 2.75) is 6.54 Å². The van der Waals surface area contributed by atoms with Gasteiger partial charge in [-0.25, -0.2) is 23.9 Å². The van der Waals surface area contributed by atoms with E-state index in [4.69, 9.17) is 10.2 Å². The molecular weight excluding hydrogens is 483 g/mol. The molecule has 2 aromatic heterocycles. The van der Waals surface area contributed by atoms with Gasteiger partial charge in [0.25, 0.3) is 0 Å². The van der Waals surface area contributed by atoms with Crippen LogP contribution in [-0.4, -0.2) is 47.1 Å². The van der Waals surface area contributed by atoms with E-state index in [1.54, 1.807) is 30.6 Å². The maximum absolute atomic E-state index is 13.2. The van der Waals surface area contributed by atoms with E-state index < -0.39 is 11.9 Å². The van der Waals surface area contributed by atoms with Crippen LogP contribution < -0.4 is 16.0 Å². The first-order chi connectivity index (χ1) is 17.9. The number of para-hydroxylation sites is 1. The number of hydrogen-bond donors (Lipinski definition) is 5. The van der Waals surface area contributed by atoms with Crippen molar-refractivity contribution >= 4 is 41.2 Å². The Morgan fingerprint density at radius 3 is 1.78 bits per heavy atom. The van der Waals surface area contributed by atoms with Gasteiger partial charge in [-0.1, -0.05) is 18.2 Å². The van der Waals surface area contributed by atoms with Crippen molar-refractivity contribution in [2.24, 2.45) is 0 Å². The van der Waals surface area contributed by atoms with Crippen LogP contribution in [0, 0.1) is 5.82 Å². The Balaban J connectivity index is 0.000000414. The number of nitrogens with one attached hydrogen (secondary N) is 3. The van der Waals surface area contributed by atoms with E-state index in [-0.39, 0.29) is 5.82 Å². The molecule has 188 valence electrons. The Morgan fingerprint density at radius 2 is 1.24 bits per heavy atom. The summed E-state index contributed by atoms with van der Waals surface area (Å²) in [5.74, 6) is -1.22. The van der Waals surface area contributed by atoms with Gasteiger partial charge < -0.3 is 26.2 Å². The van der Waals surface area contributed by atoms with E-state index in [1.807, 2.05) is 30.3 Å². The minimum absolute atomic E-state index is 0.307. The molecule has 0 bridgehead atoms. The van der Waals surface area contributed by atoms with Crippen molar-refractivity contribution in [3.63, 3.8) is 0 Å². The molecule has 4 aromatic rings. The Kier molecular flexibility index (Phi) is 9.49. The van der Waals surface area contributed by atoms with Crippen LogP contribution >= 0.6 is 0 Å². The molecule has 0 saturated heterocycles. The lowest BCUT2D eigenvalue weighted by Crippen LogP contribution is -2.10. The number of benzene rings is 2. The molecule has 0 saturated carbocycles. The highest BCUT2D eigenvalue weighted by Gasteiger charge is 2.08. The monoisotopic (exact) mass is 504 g/mol. The zero-order valence-electron chi connectivity index (χ0n) is 19.1. The van der Waals surface area contributed by atoms with Gasteiger partial charge in [-0.05, 0) is 42.5 Å². The molecule has 0 amide bonds. The lowest BCUT2D eigenvalue weighted by atomic mass is 10.3. The molecule has 0 fully saturated rings. The van der Waals surface area contributed by atoms with Gasteiger partial charge in [0.05, 0.1) is 6.54 Å². The van der Waals surface area contributed by atoms with Gasteiger partial charge in [-0.3, -0.25) is 0 Å². The van der Waals surface area contributed by atoms with E-state index in [0.29, 0.717) is 48.1 Å². The number of anilines is 5. The summed E-state index contributed by atoms with van der Waals surface area (Å²) in [4.78, 5) is 40.6. The van der Waals surface area contributed by atoms with Crippen LogP contribution in [0.4, 0.5) is 33.6 Å². The standard InChI is InChI=1S/C20H17FN8.C4H4O4/c21-14-7-9-16(10-8-14)26-20-28-18(24-13-17-22-11-4-12-23-17)27-19(29-20)25-15-5-2-1-3-6-15;5-3(6)1-2-4(7)8/h1-12H,13H2,(H3,24,25,26,27,28,29);1-2H,(H,5,6)(H,7,8)/b;2-1+. The minimum Gasteiger partial charge on any atom is -0.478 e. The summed E-state index contributed by atoms with van der Waals surface area (Å²) < 4.78 is 13.2. The molecule has 2 aromatic carbocycles. The van der Waals surface area contributed by atoms with Gasteiger partial charge in [0.1, 0.15) is 11.6 Å². The molecular formula is C24H21FN8O4. The summed E-state index contributed by atoms with van der Waals surface area (Å²) >= 11 is 0. The predicted molar refractivity (Wildman–Crippen MR) is 133 cm³/mol. The van der Waals surface area contributed by atoms with Crippen LogP contribution in [0.5, 0.6) is 0 Å². The number of carboxylic acids is 2. The largest absolute Gasteiger partial charge is 0.478 e. The fourth-order valence-corrected chi connectivity index (χ4v) is 2.60. The molecule has 37 heavy (non-hydrogen) atoms. The molecule has 0 aliphatic carbocycles. The van der Waals surface area contributed by atoms with Crippen LogP contribution in [0.3, 0.4) is 0 Å². The molecule has 13 heteroatoms. The second-order valence-electron chi connectivity index (χ2n) is 6.96. The van der Waals surface area contributed by atoms with Crippen molar-refractivity contribution < 1.29 is 24.2 Å². The zero-order valence-corrected chi connectivity index (χ0v) is 19.1. The van der Waals surface area contributed by atoms with Crippen LogP contribution in [0.15, 0.2) is 85.2 Å². The first-order valence-corrected chi connectivity index (χ1v) is 10.6. The topological polar surface area (TPSA) is 175 Å². The van der Waals surface area contributed by atoms with E-state index >= 15 is 0 Å². The maximum atomic E-state index is 13.2. The third-order valence-electron chi connectivity index (χ3n) is 4.16. The third-order valence-corrected chi connectivity index (χ3v) is 4.16. The van der Waals surface area contributed by atoms with Crippen LogP contribution in [0.1, 0.15) is 5.82 Å². The van der Waals surface area contributed by atoms with Crippen LogP contribution in [0.25, 0.3) is 0 Å². The number of halogens is 1. The second-order valence-corrected chi connectivity index (χ2v) is 6.96. The van der Waals surface area contributed by atoms with Crippen LogP contribution in [0.2, 0.25) is 0 Å². The molecule has 0 atom stereocenters. The summed E-state index contributed by atoms with van der Waals surface area (Å²) in [5, 5.41) is 24.9. The Hall–Kier alpha value is -5.46. The average Bonchev–Trinajstić information content (AvgIpc) is 2.89. The molecule has 2 heterocycles. The number of hydrogen-bond acceptors (Lipinski definition) is 10. The van der Waals surface area contributed by atoms with Gasteiger partial charge in [0, 0.05) is 35.9 Å². The number of carboxylic acid groups (broad SMARTS) is 2. The van der Waals surface area contributed by atoms with E-state index in [9.17, 15) is 14.0 Å². The summed E-state index contributed by atoms with van der Waals surface area (Å²) in [7, 11) is 0. The fourth-order valence-electron chi connectivity index (χ4n) is 2.60. The maximum Gasteiger partial charge on any atom is 0.328 e. The zero-order chi connectivity index (χ0) is 26.5. The third kappa shape index (κ3) is 9.74. The molecule has 5 N–H and O–H groups in total. The molecule has 4 rings (SSSR count). The quantitative estimate of drug-likeness (QED) is 0.210. The smallest absolute Gasteiger partial charge is 0.328 e. The lowest BCUT2D eigenvalue weighted by molar-refractivity contribution is -0.134. The minimum atomic E-state index is -1.26. The summed E-state index contributed by atoms with van der Waals surface area (Å²) in [5.41, 5.74) is 1.49. The van der Waals surface area contributed by atoms with Gasteiger partial charge in [-0.2, -0.15) is 15.0 Å². The summed E-state index contributed by atoms with van der Waals surface area (Å²) in [6.07, 6.45) is 4.45. The first-order valence-electron chi connectivity index (χ1n) is 10.6. The molecule has 0 aliphatic rings. The molecule has 0 unspecified atom stereocenters. The normalized spacial score (nSPS) is 10.2. The van der Waals surface area contributed by atoms with Gasteiger partial charge >= 0.3 is 11.9 Å². The van der Waals surface area contributed by atoms with Gasteiger partial charge in [-0.15, -0.1) is 0 Å². The number of aromatic nitrogens is 5. The van der Waals surface area contributed by atoms with E-state index in [2.05, 4.69) is 40.9 Å². The predicted octanol–water partition coefficient (Wildman–Crippen LogP) is 3.61. The van der Waals surface area contributed by atoms with Crippen molar-refractivity contribution in [2.75, 3.05) is 16.0 Å². The number of rotatable bonds is 9. The van der Waals surface area contributed by atoms with Crippen molar-refractivity contribution in [3.05, 3.63) is 96.9 Å². The molecule has 0 aliphatic heterocycles. The molecule has 0 radical (unpaired) electrons. The average molecular weight is 504 g/mol. The number of aliphatic carboxylic acids is 2. The summed E-state index contributed by atoms with van der Waals surface area (Å²) in [6.45, 7) is 0.353. The van der Waals surface area contributed by atoms with Gasteiger partial charge in [0.2, 0.25) is 17.8 Å². The van der Waals surface area contributed by atoms with E-state index in [1.165, 1.54) is 12.1 Å².